The number of unbranched alkanes of at least 4 members (excludes halogenated alkanes) is 1. The zero-order chi connectivity index (χ0) is 24.7. The van der Waals surface area contributed by atoms with Gasteiger partial charge in [0.25, 0.3) is 0 Å². The molecule has 0 unspecified atom stereocenters. The maximum atomic E-state index is 6.40. The quantitative estimate of drug-likeness (QED) is 0.407. The minimum Gasteiger partial charge on any atom is -0.398 e. The van der Waals surface area contributed by atoms with E-state index in [1.165, 1.54) is 51.1 Å². The number of likely N-dealkylation sites (N-methyl/N-ethyl adjacent to an activating group) is 1. The first-order chi connectivity index (χ1) is 16.3. The van der Waals surface area contributed by atoms with E-state index in [2.05, 4.69) is 41.9 Å². The molecule has 0 bridgehead atoms. The first-order valence-electron chi connectivity index (χ1n) is 11.8. The van der Waals surface area contributed by atoms with E-state index < -0.39 is 0 Å². The van der Waals surface area contributed by atoms with Crippen molar-refractivity contribution < 1.29 is 0 Å². The molecule has 1 aliphatic rings. The fraction of sp³-hybridized carbons (Fsp3) is 0.321. The number of nitrogens with zero attached hydrogens (tertiary/aromatic N) is 3. The molecule has 1 aromatic heterocycles. The molecule has 34 heavy (non-hydrogen) atoms. The summed E-state index contributed by atoms with van der Waals surface area (Å²) in [6.07, 6.45) is 5.50. The van der Waals surface area contributed by atoms with E-state index in [0.717, 1.165) is 22.0 Å². The van der Waals surface area contributed by atoms with E-state index in [0.29, 0.717) is 22.1 Å². The Morgan fingerprint density at radius 1 is 1.12 bits per heavy atom. The number of rotatable bonds is 6. The molecule has 3 aromatic rings. The molecule has 0 atom stereocenters. The number of piperazine rings is 1. The molecule has 4 N–H and O–H groups in total. The molecule has 1 aliphatic heterocycles. The smallest absolute Gasteiger partial charge is 0.0974 e. The second-order valence-corrected chi connectivity index (χ2v) is 9.09. The van der Waals surface area contributed by atoms with Crippen molar-refractivity contribution in [2.45, 2.75) is 26.2 Å². The van der Waals surface area contributed by atoms with Crippen LogP contribution >= 0.6 is 11.6 Å². The van der Waals surface area contributed by atoms with Crippen LogP contribution in [0.5, 0.6) is 0 Å². The van der Waals surface area contributed by atoms with Crippen molar-refractivity contribution in [1.29, 1.82) is 0 Å². The molecule has 2 heterocycles. The van der Waals surface area contributed by atoms with Crippen molar-refractivity contribution in [2.75, 3.05) is 44.7 Å². The number of hydrogen-bond donors (Lipinski definition) is 2. The maximum Gasteiger partial charge on any atom is 0.0974 e. The van der Waals surface area contributed by atoms with Gasteiger partial charge in [0.05, 0.1) is 21.9 Å². The summed E-state index contributed by atoms with van der Waals surface area (Å²) in [5, 5.41) is 1.31. The van der Waals surface area contributed by atoms with Gasteiger partial charge in [0.1, 0.15) is 0 Å². The predicted octanol–water partition coefficient (Wildman–Crippen LogP) is 6.30. The highest BCUT2D eigenvalue weighted by Gasteiger charge is 2.15. The molecule has 180 valence electrons. The Bertz CT molecular complexity index is 1150. The summed E-state index contributed by atoms with van der Waals surface area (Å²) in [5.74, 6) is 0. The van der Waals surface area contributed by atoms with Gasteiger partial charge in [-0.1, -0.05) is 74.5 Å². The van der Waals surface area contributed by atoms with E-state index in [1.807, 2.05) is 42.5 Å². The summed E-state index contributed by atoms with van der Waals surface area (Å²) < 4.78 is 0. The van der Waals surface area contributed by atoms with Gasteiger partial charge < -0.3 is 21.3 Å². The summed E-state index contributed by atoms with van der Waals surface area (Å²) in [6.45, 7) is 14.9. The van der Waals surface area contributed by atoms with Crippen molar-refractivity contribution in [3.05, 3.63) is 71.9 Å². The van der Waals surface area contributed by atoms with Crippen molar-refractivity contribution in [3.63, 3.8) is 0 Å². The van der Waals surface area contributed by atoms with Crippen LogP contribution in [0.2, 0.25) is 5.02 Å². The Hall–Kier alpha value is -3.02. The number of fused-ring (bicyclic) bond motifs is 1. The highest BCUT2D eigenvalue weighted by Crippen LogP contribution is 2.37. The van der Waals surface area contributed by atoms with Gasteiger partial charge in [-0.15, -0.1) is 0 Å². The lowest BCUT2D eigenvalue weighted by molar-refractivity contribution is 0.182. The first-order valence-corrected chi connectivity index (χ1v) is 12.2. The number of pyridine rings is 1. The molecule has 6 heteroatoms. The number of hydrogen-bond acceptors (Lipinski definition) is 5. The fourth-order valence-corrected chi connectivity index (χ4v) is 4.21. The highest BCUT2D eigenvalue weighted by molar-refractivity contribution is 6.38. The van der Waals surface area contributed by atoms with Gasteiger partial charge in [-0.3, -0.25) is 0 Å². The van der Waals surface area contributed by atoms with Crippen LogP contribution in [0.3, 0.4) is 0 Å². The van der Waals surface area contributed by atoms with Crippen molar-refractivity contribution in [2.24, 2.45) is 0 Å². The van der Waals surface area contributed by atoms with Crippen LogP contribution in [0.15, 0.2) is 61.3 Å². The van der Waals surface area contributed by atoms with Crippen LogP contribution in [-0.2, 0) is 0 Å². The van der Waals surface area contributed by atoms with Crippen LogP contribution in [0.4, 0.5) is 11.4 Å². The zero-order valence-electron chi connectivity index (χ0n) is 20.4. The lowest BCUT2D eigenvalue weighted by atomic mass is 10.0. The van der Waals surface area contributed by atoms with Gasteiger partial charge in [0.15, 0.2) is 0 Å². The maximum absolute atomic E-state index is 6.40. The van der Waals surface area contributed by atoms with Gasteiger partial charge in [-0.25, -0.2) is 4.98 Å². The molecule has 0 saturated carbocycles. The highest BCUT2D eigenvalue weighted by atomic mass is 35.5. The van der Waals surface area contributed by atoms with E-state index in [1.54, 1.807) is 6.08 Å². The van der Waals surface area contributed by atoms with Crippen LogP contribution < -0.4 is 11.5 Å². The third-order valence-corrected chi connectivity index (χ3v) is 6.61. The summed E-state index contributed by atoms with van der Waals surface area (Å²) in [5.41, 5.74) is 17.7. The van der Waals surface area contributed by atoms with E-state index in [9.17, 15) is 0 Å². The Morgan fingerprint density at radius 3 is 2.47 bits per heavy atom. The number of allylic oxidation sites excluding steroid dienone is 1. The van der Waals surface area contributed by atoms with Gasteiger partial charge in [-0.05, 0) is 37.6 Å². The largest absolute Gasteiger partial charge is 0.398 e. The van der Waals surface area contributed by atoms with E-state index >= 15 is 0 Å². The second kappa shape index (κ2) is 11.9. The molecule has 0 aliphatic carbocycles. The van der Waals surface area contributed by atoms with Gasteiger partial charge in [0, 0.05) is 48.5 Å². The summed E-state index contributed by atoms with van der Waals surface area (Å²) in [4.78, 5) is 9.46. The van der Waals surface area contributed by atoms with Gasteiger partial charge in [-0.2, -0.15) is 0 Å². The molecule has 2 aromatic carbocycles. The summed E-state index contributed by atoms with van der Waals surface area (Å²) in [6, 6.07) is 13.2. The number of nitrogen functional groups attached to an aromatic ring is 2. The number of halogens is 1. The van der Waals surface area contributed by atoms with E-state index in [-0.39, 0.29) is 0 Å². The van der Waals surface area contributed by atoms with Gasteiger partial charge >= 0.3 is 0 Å². The zero-order valence-corrected chi connectivity index (χ0v) is 21.1. The topological polar surface area (TPSA) is 71.4 Å². The van der Waals surface area contributed by atoms with Crippen LogP contribution in [0.25, 0.3) is 28.2 Å². The molecular weight excluding hydrogens is 442 g/mol. The Labute approximate surface area is 208 Å². The number of aromatic nitrogens is 1. The fourth-order valence-electron chi connectivity index (χ4n) is 3.96. The van der Waals surface area contributed by atoms with Crippen LogP contribution in [0, 0.1) is 0 Å². The number of para-hydroxylation sites is 1. The molecule has 0 radical (unpaired) electrons. The molecular formula is C28H36ClN5. The summed E-state index contributed by atoms with van der Waals surface area (Å²) in [7, 11) is 2.19. The molecule has 1 saturated heterocycles. The average Bonchev–Trinajstić information content (AvgIpc) is 2.85. The Balaban J connectivity index is 0.000000215. The number of anilines is 2. The third kappa shape index (κ3) is 6.10. The monoisotopic (exact) mass is 477 g/mol. The Morgan fingerprint density at radius 2 is 1.82 bits per heavy atom. The lowest BCUT2D eigenvalue weighted by Gasteiger charge is -2.35. The molecule has 5 nitrogen and oxygen atoms in total. The van der Waals surface area contributed by atoms with Crippen LogP contribution in [0.1, 0.15) is 31.7 Å². The SMILES string of the molecule is C=C(CCCC)N1CCN(C)CC1.C=Cc1ccc2c(Cl)c(N)c(-c3ccccc3N)nc2c1. The minimum atomic E-state index is 0.438. The first kappa shape index (κ1) is 25.6. The molecule has 0 amide bonds. The minimum absolute atomic E-state index is 0.438. The molecule has 0 spiro atoms. The van der Waals surface area contributed by atoms with E-state index in [4.69, 9.17) is 23.1 Å². The normalized spacial score (nSPS) is 13.9. The molecule has 4 rings (SSSR count). The summed E-state index contributed by atoms with van der Waals surface area (Å²) >= 11 is 6.40. The number of nitrogens with two attached hydrogens (primary N) is 2. The third-order valence-electron chi connectivity index (χ3n) is 6.20. The van der Waals surface area contributed by atoms with Crippen molar-refractivity contribution in [3.8, 4) is 11.3 Å². The molecule has 1 fully saturated rings. The lowest BCUT2D eigenvalue weighted by Crippen LogP contribution is -2.43. The predicted molar refractivity (Wildman–Crippen MR) is 149 cm³/mol. The van der Waals surface area contributed by atoms with Crippen molar-refractivity contribution >= 4 is 40.0 Å². The average molecular weight is 478 g/mol. The number of benzene rings is 2. The van der Waals surface area contributed by atoms with Gasteiger partial charge in [0.2, 0.25) is 0 Å². The van der Waals surface area contributed by atoms with Crippen molar-refractivity contribution in [1.82, 2.24) is 14.8 Å². The second-order valence-electron chi connectivity index (χ2n) is 8.72. The Kier molecular flexibility index (Phi) is 8.97. The van der Waals surface area contributed by atoms with Crippen LogP contribution in [-0.4, -0.2) is 48.0 Å². The standard InChI is InChI=1S/C17H14ClN3.C11H22N2/c1-2-10-7-8-12-14(9-10)21-17(16(20)15(12)18)11-5-3-4-6-13(11)19;1-4-5-6-11(2)13-9-7-12(3)8-10-13/h2-9H,1,19-20H2;2,4-10H2,1,3H3.